The molecule has 0 fully saturated rings. The van der Waals surface area contributed by atoms with Crippen molar-refractivity contribution in [3.63, 3.8) is 0 Å². The Labute approximate surface area is 230 Å². The number of benzene rings is 3. The van der Waals surface area contributed by atoms with Crippen LogP contribution in [0.3, 0.4) is 0 Å². The van der Waals surface area contributed by atoms with Gasteiger partial charge in [0.2, 0.25) is 5.88 Å². The van der Waals surface area contributed by atoms with Gasteiger partial charge in [-0.2, -0.15) is 4.98 Å². The number of hydrogen-bond donors (Lipinski definition) is 3. The first kappa shape index (κ1) is 26.6. The second-order valence-electron chi connectivity index (χ2n) is 8.89. The summed E-state index contributed by atoms with van der Waals surface area (Å²) in [7, 11) is -0.926. The Hall–Kier alpha value is -5.03. The van der Waals surface area contributed by atoms with E-state index in [1.165, 1.54) is 31.4 Å². The molecule has 0 aliphatic carbocycles. The van der Waals surface area contributed by atoms with Crippen LogP contribution in [0, 0.1) is 0 Å². The highest BCUT2D eigenvalue weighted by molar-refractivity contribution is 7.92. The van der Waals surface area contributed by atoms with E-state index in [-0.39, 0.29) is 34.4 Å². The third-order valence-electron chi connectivity index (χ3n) is 6.45. The van der Waals surface area contributed by atoms with E-state index in [1.54, 1.807) is 72.3 Å². The molecule has 0 saturated carbocycles. The summed E-state index contributed by atoms with van der Waals surface area (Å²) in [6.45, 7) is 0.104. The fourth-order valence-electron chi connectivity index (χ4n) is 4.38. The molecular formula is C29H26N4O6S. The Kier molecular flexibility index (Phi) is 7.05. The molecule has 5 rings (SSSR count). The number of ether oxygens (including phenoxy) is 2. The van der Waals surface area contributed by atoms with Crippen molar-refractivity contribution in [2.24, 2.45) is 0 Å². The average molecular weight is 559 g/mol. The topological polar surface area (TPSA) is 146 Å². The number of nitrogens with two attached hydrogens (primary N) is 1. The number of nitrogen functional groups attached to an aromatic ring is 1. The average Bonchev–Trinajstić information content (AvgIpc) is 3.23. The number of nitrogens with one attached hydrogen (secondary N) is 1. The van der Waals surface area contributed by atoms with Gasteiger partial charge in [0.15, 0.2) is 5.78 Å². The molecule has 0 spiro atoms. The molecule has 0 saturated heterocycles. The monoisotopic (exact) mass is 558 g/mol. The van der Waals surface area contributed by atoms with Crippen LogP contribution in [-0.4, -0.2) is 43.1 Å². The number of carbonyl (C=O) groups is 1. The number of sulfonamides is 1. The maximum absolute atomic E-state index is 13.6. The quantitative estimate of drug-likeness (QED) is 0.225. The summed E-state index contributed by atoms with van der Waals surface area (Å²) >= 11 is 0. The summed E-state index contributed by atoms with van der Waals surface area (Å²) in [4.78, 5) is 18.2. The smallest absolute Gasteiger partial charge is 0.261 e. The molecule has 0 unspecified atom stereocenters. The van der Waals surface area contributed by atoms with Crippen LogP contribution in [0.4, 0.5) is 11.5 Å². The molecule has 40 heavy (non-hydrogen) atoms. The third-order valence-corrected chi connectivity index (χ3v) is 7.83. The lowest BCUT2D eigenvalue weighted by Gasteiger charge is -2.15. The van der Waals surface area contributed by atoms with Gasteiger partial charge in [0.25, 0.3) is 10.0 Å². The molecule has 5 aromatic rings. The first-order chi connectivity index (χ1) is 19.2. The van der Waals surface area contributed by atoms with E-state index in [1.807, 2.05) is 0 Å². The van der Waals surface area contributed by atoms with Gasteiger partial charge in [-0.3, -0.25) is 9.52 Å². The van der Waals surface area contributed by atoms with Crippen LogP contribution in [0.15, 0.2) is 89.8 Å². The van der Waals surface area contributed by atoms with Gasteiger partial charge in [0.05, 0.1) is 36.9 Å². The number of aromatic nitrogens is 2. The van der Waals surface area contributed by atoms with E-state index in [0.29, 0.717) is 39.5 Å². The highest BCUT2D eigenvalue weighted by Crippen LogP contribution is 2.33. The molecule has 3 aromatic carbocycles. The molecule has 0 bridgehead atoms. The molecule has 4 N–H and O–H groups in total. The van der Waals surface area contributed by atoms with Gasteiger partial charge in [0, 0.05) is 17.0 Å². The van der Waals surface area contributed by atoms with E-state index in [2.05, 4.69) is 9.71 Å². The number of pyridine rings is 1. The molecule has 0 atom stereocenters. The van der Waals surface area contributed by atoms with E-state index in [4.69, 9.17) is 15.2 Å². The van der Waals surface area contributed by atoms with Crippen LogP contribution in [0.1, 0.15) is 21.5 Å². The Morgan fingerprint density at radius 3 is 2.33 bits per heavy atom. The first-order valence-electron chi connectivity index (χ1n) is 12.1. The summed E-state index contributed by atoms with van der Waals surface area (Å²) in [6, 6.07) is 22.2. The van der Waals surface area contributed by atoms with E-state index in [0.717, 1.165) is 0 Å². The van der Waals surface area contributed by atoms with Crippen molar-refractivity contribution in [3.05, 3.63) is 102 Å². The van der Waals surface area contributed by atoms with Crippen LogP contribution < -0.4 is 19.9 Å². The standard InChI is InChI=1S/C29H26N4O6S/c1-38-21-11-7-18(8-12-21)27(35)26-23-15-16-25(39-2)31-29(23)33(28(26)30)17-19-5-3-4-6-24(19)32-40(36,37)22-13-9-20(34)10-14-22/h3-16,32,34H,17,30H2,1-2H3. The summed E-state index contributed by atoms with van der Waals surface area (Å²) in [5.74, 6) is 0.780. The lowest BCUT2D eigenvalue weighted by atomic mass is 10.0. The summed E-state index contributed by atoms with van der Waals surface area (Å²) < 4.78 is 40.9. The van der Waals surface area contributed by atoms with Crippen molar-refractivity contribution < 1.29 is 27.8 Å². The van der Waals surface area contributed by atoms with Gasteiger partial charge in [0.1, 0.15) is 23.0 Å². The minimum atomic E-state index is -3.96. The predicted octanol–water partition coefficient (Wildman–Crippen LogP) is 4.42. The maximum Gasteiger partial charge on any atom is 0.261 e. The third kappa shape index (κ3) is 5.02. The Balaban J connectivity index is 1.58. The number of aromatic hydroxyl groups is 1. The number of methoxy groups -OCH3 is 2. The minimum absolute atomic E-state index is 0.00944. The van der Waals surface area contributed by atoms with Crippen LogP contribution >= 0.6 is 0 Å². The zero-order chi connectivity index (χ0) is 28.4. The highest BCUT2D eigenvalue weighted by Gasteiger charge is 2.25. The van der Waals surface area contributed by atoms with Crippen molar-refractivity contribution in [2.45, 2.75) is 11.4 Å². The molecule has 2 aromatic heterocycles. The SMILES string of the molecule is COc1ccc(C(=O)c2c(N)n(Cc3ccccc3NS(=O)(=O)c3ccc(O)cc3)c3nc(OC)ccc23)cc1. The second-order valence-corrected chi connectivity index (χ2v) is 10.6. The largest absolute Gasteiger partial charge is 0.508 e. The van der Waals surface area contributed by atoms with Crippen molar-refractivity contribution in [2.75, 3.05) is 24.7 Å². The number of carbonyl (C=O) groups excluding carboxylic acids is 1. The fourth-order valence-corrected chi connectivity index (χ4v) is 5.48. The number of rotatable bonds is 9. The number of hydrogen-bond acceptors (Lipinski definition) is 8. The molecule has 0 aliphatic rings. The Bertz CT molecular complexity index is 1810. The molecule has 0 amide bonds. The minimum Gasteiger partial charge on any atom is -0.508 e. The van der Waals surface area contributed by atoms with E-state index in [9.17, 15) is 18.3 Å². The maximum atomic E-state index is 13.6. The van der Waals surface area contributed by atoms with Crippen LogP contribution in [0.2, 0.25) is 0 Å². The van der Waals surface area contributed by atoms with E-state index < -0.39 is 10.0 Å². The molecule has 2 heterocycles. The normalized spacial score (nSPS) is 11.3. The zero-order valence-corrected chi connectivity index (χ0v) is 22.5. The van der Waals surface area contributed by atoms with Crippen molar-refractivity contribution >= 4 is 38.3 Å². The Morgan fingerprint density at radius 1 is 0.950 bits per heavy atom. The number of para-hydroxylation sites is 1. The molecule has 11 heteroatoms. The van der Waals surface area contributed by atoms with Gasteiger partial charge in [-0.15, -0.1) is 0 Å². The number of fused-ring (bicyclic) bond motifs is 1. The highest BCUT2D eigenvalue weighted by atomic mass is 32.2. The van der Waals surface area contributed by atoms with Gasteiger partial charge in [-0.25, -0.2) is 8.42 Å². The first-order valence-corrected chi connectivity index (χ1v) is 13.6. The molecule has 0 aliphatic heterocycles. The summed E-state index contributed by atoms with van der Waals surface area (Å²) in [6.07, 6.45) is 0. The number of nitrogens with zero attached hydrogens (tertiary/aromatic N) is 2. The number of anilines is 2. The van der Waals surface area contributed by atoms with Crippen molar-refractivity contribution in [1.82, 2.24) is 9.55 Å². The number of phenols is 1. The molecule has 10 nitrogen and oxygen atoms in total. The molecule has 0 radical (unpaired) electrons. The van der Waals surface area contributed by atoms with Gasteiger partial charge < -0.3 is 24.9 Å². The Morgan fingerprint density at radius 2 is 1.65 bits per heavy atom. The second kappa shape index (κ2) is 10.6. The van der Waals surface area contributed by atoms with Gasteiger partial charge in [-0.1, -0.05) is 18.2 Å². The molecular weight excluding hydrogens is 532 g/mol. The lowest BCUT2D eigenvalue weighted by Crippen LogP contribution is -2.15. The van der Waals surface area contributed by atoms with E-state index >= 15 is 0 Å². The predicted molar refractivity (Wildman–Crippen MR) is 152 cm³/mol. The van der Waals surface area contributed by atoms with Crippen LogP contribution in [0.25, 0.3) is 11.0 Å². The lowest BCUT2D eigenvalue weighted by molar-refractivity contribution is 0.104. The van der Waals surface area contributed by atoms with Gasteiger partial charge >= 0.3 is 0 Å². The van der Waals surface area contributed by atoms with Crippen molar-refractivity contribution in [1.29, 1.82) is 0 Å². The van der Waals surface area contributed by atoms with Crippen molar-refractivity contribution in [3.8, 4) is 17.4 Å². The number of ketones is 1. The van der Waals surface area contributed by atoms with Crippen LogP contribution in [-0.2, 0) is 16.6 Å². The summed E-state index contributed by atoms with van der Waals surface area (Å²) in [5.41, 5.74) is 8.62. The number of phenolic OH excluding ortho intramolecular Hbond substituents is 1. The van der Waals surface area contributed by atoms with Crippen LogP contribution in [0.5, 0.6) is 17.4 Å². The fraction of sp³-hybridized carbons (Fsp3) is 0.103. The summed E-state index contributed by atoms with van der Waals surface area (Å²) in [5, 5.41) is 10.1. The van der Waals surface area contributed by atoms with Gasteiger partial charge in [-0.05, 0) is 66.2 Å². The zero-order valence-electron chi connectivity index (χ0n) is 21.7. The molecule has 204 valence electrons.